The van der Waals surface area contributed by atoms with E-state index in [0.717, 1.165) is 0 Å². The first-order valence-corrected chi connectivity index (χ1v) is 6.50. The van der Waals surface area contributed by atoms with Crippen LogP contribution in [0, 0.1) is 11.3 Å². The Labute approximate surface area is 124 Å². The van der Waals surface area contributed by atoms with Gasteiger partial charge in [0.2, 0.25) is 0 Å². The number of aliphatic hydroxyl groups is 1. The van der Waals surface area contributed by atoms with E-state index in [1.807, 2.05) is 6.07 Å². The van der Waals surface area contributed by atoms with Crippen molar-refractivity contribution >= 4 is 11.8 Å². The van der Waals surface area contributed by atoms with Gasteiger partial charge in [-0.15, -0.1) is 0 Å². The summed E-state index contributed by atoms with van der Waals surface area (Å²) in [6.45, 7) is 5.27. The molecule has 0 saturated heterocycles. The molecule has 0 aliphatic carbocycles. The normalized spacial score (nSPS) is 12.2. The van der Waals surface area contributed by atoms with Crippen LogP contribution in [0.2, 0.25) is 0 Å². The Morgan fingerprint density at radius 1 is 1.48 bits per heavy atom. The highest BCUT2D eigenvalue weighted by Gasteiger charge is 2.19. The topological polar surface area (TPSA) is 91.6 Å². The molecule has 2 N–H and O–H groups in total. The average Bonchev–Trinajstić information content (AvgIpc) is 2.37. The standard InChI is InChI=1S/C15H20N2O4/c1-15(2,3)21-14(19)17-12-6-5-10(20-4)9-11(12)13(18)7-8-16/h5-6,9,13,18H,7H2,1-4H3,(H,17,19). The molecule has 1 aromatic rings. The van der Waals surface area contributed by atoms with Crippen molar-refractivity contribution in [3.05, 3.63) is 23.8 Å². The monoisotopic (exact) mass is 292 g/mol. The molecule has 1 atom stereocenters. The Morgan fingerprint density at radius 2 is 2.14 bits per heavy atom. The van der Waals surface area contributed by atoms with E-state index in [1.54, 1.807) is 39.0 Å². The number of rotatable bonds is 4. The van der Waals surface area contributed by atoms with Gasteiger partial charge in [-0.3, -0.25) is 5.32 Å². The fourth-order valence-electron chi connectivity index (χ4n) is 1.67. The van der Waals surface area contributed by atoms with E-state index >= 15 is 0 Å². The van der Waals surface area contributed by atoms with Crippen LogP contribution in [-0.4, -0.2) is 23.9 Å². The van der Waals surface area contributed by atoms with Crippen LogP contribution < -0.4 is 10.1 Å². The minimum Gasteiger partial charge on any atom is -0.497 e. The molecule has 0 aliphatic heterocycles. The Balaban J connectivity index is 3.00. The number of carbonyl (C=O) groups is 1. The van der Waals surface area contributed by atoms with E-state index in [9.17, 15) is 9.90 Å². The summed E-state index contributed by atoms with van der Waals surface area (Å²) >= 11 is 0. The number of amides is 1. The number of nitriles is 1. The Bertz CT molecular complexity index is 544. The third kappa shape index (κ3) is 5.32. The van der Waals surface area contributed by atoms with Gasteiger partial charge in [-0.2, -0.15) is 5.26 Å². The van der Waals surface area contributed by atoms with Gasteiger partial charge < -0.3 is 14.6 Å². The molecule has 1 amide bonds. The van der Waals surface area contributed by atoms with Gasteiger partial charge >= 0.3 is 6.09 Å². The molecule has 0 bridgehead atoms. The largest absolute Gasteiger partial charge is 0.497 e. The minimum atomic E-state index is -1.02. The number of nitrogens with one attached hydrogen (secondary N) is 1. The highest BCUT2D eigenvalue weighted by molar-refractivity contribution is 5.86. The summed E-state index contributed by atoms with van der Waals surface area (Å²) in [5, 5.41) is 21.3. The van der Waals surface area contributed by atoms with E-state index in [0.29, 0.717) is 17.0 Å². The van der Waals surface area contributed by atoms with Crippen molar-refractivity contribution in [1.29, 1.82) is 5.26 Å². The summed E-state index contributed by atoms with van der Waals surface area (Å²) in [7, 11) is 1.50. The van der Waals surface area contributed by atoms with Gasteiger partial charge in [0.1, 0.15) is 11.4 Å². The molecule has 1 aromatic carbocycles. The molecule has 0 heterocycles. The third-order valence-electron chi connectivity index (χ3n) is 2.54. The smallest absolute Gasteiger partial charge is 0.412 e. The van der Waals surface area contributed by atoms with E-state index in [1.165, 1.54) is 7.11 Å². The summed E-state index contributed by atoms with van der Waals surface area (Å²) in [5.74, 6) is 0.525. The number of ether oxygens (including phenoxy) is 2. The van der Waals surface area contributed by atoms with E-state index < -0.39 is 17.8 Å². The predicted octanol–water partition coefficient (Wildman–Crippen LogP) is 2.99. The Morgan fingerprint density at radius 3 is 2.67 bits per heavy atom. The zero-order valence-corrected chi connectivity index (χ0v) is 12.6. The Hall–Kier alpha value is -2.26. The average molecular weight is 292 g/mol. The molecule has 114 valence electrons. The summed E-state index contributed by atoms with van der Waals surface area (Å²) in [5.41, 5.74) is 0.164. The van der Waals surface area contributed by atoms with Crippen molar-refractivity contribution in [2.24, 2.45) is 0 Å². The molecule has 1 unspecified atom stereocenters. The van der Waals surface area contributed by atoms with Crippen LogP contribution in [0.3, 0.4) is 0 Å². The van der Waals surface area contributed by atoms with Crippen LogP contribution >= 0.6 is 0 Å². The number of aliphatic hydroxyl groups excluding tert-OH is 1. The fraction of sp³-hybridized carbons (Fsp3) is 0.467. The number of benzene rings is 1. The molecule has 0 aromatic heterocycles. The number of hydrogen-bond acceptors (Lipinski definition) is 5. The van der Waals surface area contributed by atoms with E-state index in [-0.39, 0.29) is 6.42 Å². The SMILES string of the molecule is COc1ccc(NC(=O)OC(C)(C)C)c(C(O)CC#N)c1. The molecule has 6 nitrogen and oxygen atoms in total. The maximum Gasteiger partial charge on any atom is 0.412 e. The quantitative estimate of drug-likeness (QED) is 0.890. The second kappa shape index (κ2) is 6.95. The third-order valence-corrected chi connectivity index (χ3v) is 2.54. The highest BCUT2D eigenvalue weighted by Crippen LogP contribution is 2.29. The molecule has 0 saturated carbocycles. The van der Waals surface area contributed by atoms with E-state index in [2.05, 4.69) is 5.32 Å². The number of anilines is 1. The predicted molar refractivity (Wildman–Crippen MR) is 78.0 cm³/mol. The molecule has 0 aliphatic rings. The lowest BCUT2D eigenvalue weighted by molar-refractivity contribution is 0.0635. The summed E-state index contributed by atoms with van der Waals surface area (Å²) in [6.07, 6.45) is -1.73. The van der Waals surface area contributed by atoms with Crippen LogP contribution in [0.15, 0.2) is 18.2 Å². The lowest BCUT2D eigenvalue weighted by Crippen LogP contribution is -2.27. The zero-order chi connectivity index (χ0) is 16.0. The number of methoxy groups -OCH3 is 1. The Kier molecular flexibility index (Phi) is 5.56. The molecule has 0 fully saturated rings. The van der Waals surface area contributed by atoms with Crippen molar-refractivity contribution in [2.75, 3.05) is 12.4 Å². The number of carbonyl (C=O) groups excluding carboxylic acids is 1. The van der Waals surface area contributed by atoms with Gasteiger partial charge in [0.05, 0.1) is 31.4 Å². The molecule has 6 heteroatoms. The summed E-state index contributed by atoms with van der Waals surface area (Å²) in [4.78, 5) is 11.8. The minimum absolute atomic E-state index is 0.0871. The second-order valence-electron chi connectivity index (χ2n) is 5.46. The first kappa shape index (κ1) is 16.8. The fourth-order valence-corrected chi connectivity index (χ4v) is 1.67. The van der Waals surface area contributed by atoms with Crippen LogP contribution in [-0.2, 0) is 4.74 Å². The van der Waals surface area contributed by atoms with Crippen molar-refractivity contribution in [2.45, 2.75) is 38.9 Å². The van der Waals surface area contributed by atoms with E-state index in [4.69, 9.17) is 14.7 Å². The molecular formula is C15H20N2O4. The first-order chi connectivity index (χ1) is 9.76. The van der Waals surface area contributed by atoms with Crippen molar-refractivity contribution < 1.29 is 19.4 Å². The van der Waals surface area contributed by atoms with Gasteiger partial charge in [-0.1, -0.05) is 0 Å². The van der Waals surface area contributed by atoms with Crippen LogP contribution in [0.5, 0.6) is 5.75 Å². The van der Waals surface area contributed by atoms with Gasteiger partial charge in [0.15, 0.2) is 0 Å². The maximum atomic E-state index is 11.8. The number of nitrogens with zero attached hydrogens (tertiary/aromatic N) is 1. The lowest BCUT2D eigenvalue weighted by atomic mass is 10.0. The lowest BCUT2D eigenvalue weighted by Gasteiger charge is -2.21. The highest BCUT2D eigenvalue weighted by atomic mass is 16.6. The number of hydrogen-bond donors (Lipinski definition) is 2. The van der Waals surface area contributed by atoms with Crippen molar-refractivity contribution in [3.63, 3.8) is 0 Å². The maximum absolute atomic E-state index is 11.8. The molecular weight excluding hydrogens is 272 g/mol. The summed E-state index contributed by atoms with van der Waals surface area (Å²) in [6, 6.07) is 6.71. The van der Waals surface area contributed by atoms with Crippen LogP contribution in [0.25, 0.3) is 0 Å². The van der Waals surface area contributed by atoms with Crippen LogP contribution in [0.1, 0.15) is 38.9 Å². The molecule has 0 spiro atoms. The molecule has 1 rings (SSSR count). The second-order valence-corrected chi connectivity index (χ2v) is 5.46. The van der Waals surface area contributed by atoms with Gasteiger partial charge in [0.25, 0.3) is 0 Å². The molecule has 0 radical (unpaired) electrons. The summed E-state index contributed by atoms with van der Waals surface area (Å²) < 4.78 is 10.3. The van der Waals surface area contributed by atoms with Gasteiger partial charge in [0, 0.05) is 5.56 Å². The molecule has 21 heavy (non-hydrogen) atoms. The van der Waals surface area contributed by atoms with Crippen molar-refractivity contribution in [3.8, 4) is 11.8 Å². The first-order valence-electron chi connectivity index (χ1n) is 6.50. The van der Waals surface area contributed by atoms with Gasteiger partial charge in [-0.25, -0.2) is 4.79 Å². The van der Waals surface area contributed by atoms with Crippen molar-refractivity contribution in [1.82, 2.24) is 0 Å². The van der Waals surface area contributed by atoms with Crippen LogP contribution in [0.4, 0.5) is 10.5 Å². The van der Waals surface area contributed by atoms with Gasteiger partial charge in [-0.05, 0) is 39.0 Å². The zero-order valence-electron chi connectivity index (χ0n) is 12.6.